The SMILES string of the molecule is N[C@@H](C[Se]c1cc(C[C@H](N)C(=O)O)cc(O)c1O)C(=O)O. The Labute approximate surface area is 126 Å². The van der Waals surface area contributed by atoms with Crippen molar-refractivity contribution in [2.75, 3.05) is 0 Å². The van der Waals surface area contributed by atoms with Crippen LogP contribution in [0.4, 0.5) is 0 Å². The zero-order chi connectivity index (χ0) is 16.2. The molecular formula is C12H16N2O6Se. The summed E-state index contributed by atoms with van der Waals surface area (Å²) in [6.45, 7) is 0. The summed E-state index contributed by atoms with van der Waals surface area (Å²) in [6.07, 6.45) is -0.0166. The fourth-order valence-corrected chi connectivity index (χ4v) is 3.52. The number of phenolic OH excluding ortho intramolecular Hbond substituents is 2. The molecule has 0 bridgehead atoms. The number of aliphatic carboxylic acids is 2. The van der Waals surface area contributed by atoms with Crippen molar-refractivity contribution >= 4 is 31.4 Å². The quantitative estimate of drug-likeness (QED) is 0.244. The molecule has 0 aliphatic heterocycles. The monoisotopic (exact) mass is 364 g/mol. The number of carboxylic acid groups (broad SMARTS) is 2. The van der Waals surface area contributed by atoms with Crippen molar-refractivity contribution in [1.82, 2.24) is 0 Å². The Bertz CT molecular complexity index is 551. The Morgan fingerprint density at radius 3 is 2.19 bits per heavy atom. The van der Waals surface area contributed by atoms with Crippen molar-refractivity contribution in [3.05, 3.63) is 17.7 Å². The molecule has 8 nitrogen and oxygen atoms in total. The third kappa shape index (κ3) is 4.91. The van der Waals surface area contributed by atoms with E-state index in [0.717, 1.165) is 0 Å². The molecule has 9 heteroatoms. The van der Waals surface area contributed by atoms with Crippen molar-refractivity contribution in [2.45, 2.75) is 23.8 Å². The van der Waals surface area contributed by atoms with Crippen molar-refractivity contribution in [2.24, 2.45) is 11.5 Å². The summed E-state index contributed by atoms with van der Waals surface area (Å²) in [4.78, 5) is 21.4. The van der Waals surface area contributed by atoms with Gasteiger partial charge >= 0.3 is 126 Å². The molecule has 0 aliphatic rings. The molecule has 8 N–H and O–H groups in total. The summed E-state index contributed by atoms with van der Waals surface area (Å²) in [5.41, 5.74) is 11.2. The molecule has 1 aromatic rings. The van der Waals surface area contributed by atoms with Crippen molar-refractivity contribution < 1.29 is 30.0 Å². The number of nitrogens with two attached hydrogens (primary N) is 2. The first-order valence-corrected chi connectivity index (χ1v) is 7.93. The number of hydrogen-bond acceptors (Lipinski definition) is 6. The molecule has 0 heterocycles. The average Bonchev–Trinajstić information content (AvgIpc) is 2.40. The minimum absolute atomic E-state index is 0.0166. The van der Waals surface area contributed by atoms with E-state index in [9.17, 15) is 19.8 Å². The van der Waals surface area contributed by atoms with E-state index in [1.807, 2.05) is 0 Å². The predicted molar refractivity (Wildman–Crippen MR) is 74.9 cm³/mol. The van der Waals surface area contributed by atoms with Gasteiger partial charge in [-0.2, -0.15) is 0 Å². The van der Waals surface area contributed by atoms with Gasteiger partial charge in [-0.05, 0) is 0 Å². The molecule has 0 amide bonds. The molecule has 0 spiro atoms. The minimum atomic E-state index is -1.18. The molecule has 1 rings (SSSR count). The summed E-state index contributed by atoms with van der Waals surface area (Å²) in [5.74, 6) is -3.07. The van der Waals surface area contributed by atoms with E-state index < -0.39 is 44.7 Å². The standard InChI is InChI=1S/C12H16N2O6Se/c13-6(11(17)18)1-5-2-8(15)10(16)9(3-5)21-4-7(14)12(19)20/h2-3,6-7,15-16H,1,4,13-14H2,(H,17,18)(H,19,20)/t6-,7-/m0/s1. The molecule has 0 fully saturated rings. The Balaban J connectivity index is 2.90. The van der Waals surface area contributed by atoms with Gasteiger partial charge in [-0.25, -0.2) is 0 Å². The molecule has 2 atom stereocenters. The van der Waals surface area contributed by atoms with Gasteiger partial charge in [0, 0.05) is 0 Å². The third-order valence-electron chi connectivity index (χ3n) is 2.62. The summed E-state index contributed by atoms with van der Waals surface area (Å²) in [7, 11) is 0. The second-order valence-corrected chi connectivity index (χ2v) is 6.59. The molecule has 0 aliphatic carbocycles. The Kier molecular flexibility index (Phi) is 5.98. The maximum atomic E-state index is 10.7. The number of aromatic hydroxyl groups is 2. The maximum absolute atomic E-state index is 10.7. The zero-order valence-electron chi connectivity index (χ0n) is 10.9. The van der Waals surface area contributed by atoms with Crippen LogP contribution in [0.3, 0.4) is 0 Å². The van der Waals surface area contributed by atoms with Gasteiger partial charge in [-0.1, -0.05) is 0 Å². The second kappa shape index (κ2) is 7.28. The average molecular weight is 363 g/mol. The van der Waals surface area contributed by atoms with Gasteiger partial charge in [-0.3, -0.25) is 0 Å². The van der Waals surface area contributed by atoms with E-state index in [-0.39, 0.29) is 17.5 Å². The number of benzene rings is 1. The second-order valence-electron chi connectivity index (χ2n) is 4.37. The molecule has 1 aromatic carbocycles. The first kappa shape index (κ1) is 17.3. The Morgan fingerprint density at radius 1 is 1.10 bits per heavy atom. The van der Waals surface area contributed by atoms with E-state index in [1.165, 1.54) is 12.1 Å². The molecule has 0 aromatic heterocycles. The van der Waals surface area contributed by atoms with Crippen LogP contribution in [0, 0.1) is 0 Å². The Morgan fingerprint density at radius 2 is 1.67 bits per heavy atom. The topological polar surface area (TPSA) is 167 Å². The van der Waals surface area contributed by atoms with Crippen LogP contribution < -0.4 is 15.9 Å². The number of phenols is 2. The first-order chi connectivity index (χ1) is 9.72. The molecular weight excluding hydrogens is 347 g/mol. The Hall–Kier alpha value is -1.80. The van der Waals surface area contributed by atoms with Gasteiger partial charge in [0.1, 0.15) is 0 Å². The normalized spacial score (nSPS) is 13.6. The van der Waals surface area contributed by atoms with Gasteiger partial charge in [0.05, 0.1) is 0 Å². The van der Waals surface area contributed by atoms with Crippen LogP contribution in [-0.4, -0.2) is 59.4 Å². The van der Waals surface area contributed by atoms with Gasteiger partial charge < -0.3 is 0 Å². The summed E-state index contributed by atoms with van der Waals surface area (Å²) < 4.78 is 0.354. The predicted octanol–water partition coefficient (Wildman–Crippen LogP) is -1.79. The summed E-state index contributed by atoms with van der Waals surface area (Å²) >= 11 is -0.483. The fourth-order valence-electron chi connectivity index (χ4n) is 1.47. The zero-order valence-corrected chi connectivity index (χ0v) is 12.6. The van der Waals surface area contributed by atoms with Gasteiger partial charge in [-0.15, -0.1) is 0 Å². The van der Waals surface area contributed by atoms with Crippen LogP contribution in [0.15, 0.2) is 12.1 Å². The summed E-state index contributed by atoms with van der Waals surface area (Å²) in [6, 6.07) is 0.549. The van der Waals surface area contributed by atoms with Crippen LogP contribution in [0.5, 0.6) is 11.5 Å². The van der Waals surface area contributed by atoms with Crippen LogP contribution in [0.25, 0.3) is 0 Å². The first-order valence-electron chi connectivity index (χ1n) is 5.86. The van der Waals surface area contributed by atoms with Crippen LogP contribution >= 0.6 is 0 Å². The van der Waals surface area contributed by atoms with Gasteiger partial charge in [0.25, 0.3) is 0 Å². The van der Waals surface area contributed by atoms with E-state index in [1.54, 1.807) is 0 Å². The van der Waals surface area contributed by atoms with E-state index in [4.69, 9.17) is 21.7 Å². The fraction of sp³-hybridized carbons (Fsp3) is 0.333. The number of carboxylic acids is 2. The third-order valence-corrected chi connectivity index (χ3v) is 5.03. The van der Waals surface area contributed by atoms with Crippen LogP contribution in [0.1, 0.15) is 5.56 Å². The van der Waals surface area contributed by atoms with Crippen molar-refractivity contribution in [1.29, 1.82) is 0 Å². The molecule has 116 valence electrons. The van der Waals surface area contributed by atoms with Crippen LogP contribution in [0.2, 0.25) is 5.32 Å². The number of hydrogen-bond donors (Lipinski definition) is 6. The van der Waals surface area contributed by atoms with E-state index in [2.05, 4.69) is 0 Å². The van der Waals surface area contributed by atoms with E-state index >= 15 is 0 Å². The van der Waals surface area contributed by atoms with Crippen molar-refractivity contribution in [3.63, 3.8) is 0 Å². The molecule has 21 heavy (non-hydrogen) atoms. The number of carbonyl (C=O) groups is 2. The molecule has 0 saturated carbocycles. The molecule has 0 radical (unpaired) electrons. The van der Waals surface area contributed by atoms with E-state index in [0.29, 0.717) is 10.0 Å². The molecule has 0 saturated heterocycles. The number of rotatable bonds is 7. The summed E-state index contributed by atoms with van der Waals surface area (Å²) in [5, 5.41) is 37.0. The van der Waals surface area contributed by atoms with Gasteiger partial charge in [0.2, 0.25) is 0 Å². The van der Waals surface area contributed by atoms with Gasteiger partial charge in [0.15, 0.2) is 0 Å². The van der Waals surface area contributed by atoms with Crippen molar-refractivity contribution in [3.8, 4) is 11.5 Å². The molecule has 0 unspecified atom stereocenters. The van der Waals surface area contributed by atoms with Crippen LogP contribution in [-0.2, 0) is 16.0 Å².